The summed E-state index contributed by atoms with van der Waals surface area (Å²) in [7, 11) is 2.02. The number of nitrogens with one attached hydrogen (secondary N) is 1. The molecule has 1 amide bonds. The Morgan fingerprint density at radius 1 is 1.41 bits per heavy atom. The smallest absolute Gasteiger partial charge is 0.234 e. The van der Waals surface area contributed by atoms with Crippen LogP contribution in [0.15, 0.2) is 0 Å². The molecule has 0 radical (unpaired) electrons. The number of nitrogens with two attached hydrogens (primary N) is 1. The molecule has 100 valence electrons. The predicted octanol–water partition coefficient (Wildman–Crippen LogP) is 0.962. The predicted molar refractivity (Wildman–Crippen MR) is 70.7 cm³/mol. The van der Waals surface area contributed by atoms with Gasteiger partial charge >= 0.3 is 0 Å². The van der Waals surface area contributed by atoms with Crippen molar-refractivity contribution in [3.63, 3.8) is 0 Å². The molecule has 0 heterocycles. The van der Waals surface area contributed by atoms with Crippen LogP contribution in [0.2, 0.25) is 0 Å². The van der Waals surface area contributed by atoms with Crippen LogP contribution in [0.1, 0.15) is 39.5 Å². The quantitative estimate of drug-likeness (QED) is 0.728. The van der Waals surface area contributed by atoms with Crippen LogP contribution in [0, 0.1) is 5.92 Å². The van der Waals surface area contributed by atoms with Gasteiger partial charge in [-0.05, 0) is 25.8 Å². The van der Waals surface area contributed by atoms with E-state index in [0.717, 1.165) is 19.4 Å². The van der Waals surface area contributed by atoms with E-state index in [1.807, 2.05) is 7.05 Å². The number of carbonyl (C=O) groups is 1. The minimum Gasteiger partial charge on any atom is -0.355 e. The monoisotopic (exact) mass is 241 g/mol. The first-order chi connectivity index (χ1) is 8.00. The third-order valence-corrected chi connectivity index (χ3v) is 3.81. The van der Waals surface area contributed by atoms with Crippen molar-refractivity contribution in [1.82, 2.24) is 10.2 Å². The van der Waals surface area contributed by atoms with Gasteiger partial charge < -0.3 is 11.1 Å². The van der Waals surface area contributed by atoms with Gasteiger partial charge in [0.15, 0.2) is 0 Å². The van der Waals surface area contributed by atoms with E-state index in [1.165, 1.54) is 12.8 Å². The van der Waals surface area contributed by atoms with E-state index in [1.54, 1.807) is 0 Å². The lowest BCUT2D eigenvalue weighted by Crippen LogP contribution is -2.53. The summed E-state index contributed by atoms with van der Waals surface area (Å²) in [6.07, 6.45) is 4.71. The van der Waals surface area contributed by atoms with E-state index in [0.29, 0.717) is 19.0 Å². The number of amides is 1. The number of hydrogen-bond acceptors (Lipinski definition) is 3. The standard InChI is InChI=1S/C13H27N3O/c1-11(2)8-15-12(17)9-16(3)13(10-14)6-4-5-7-13/h11H,4-10,14H2,1-3H3,(H,15,17). The molecule has 0 spiro atoms. The fourth-order valence-electron chi connectivity index (χ4n) is 2.53. The maximum atomic E-state index is 11.8. The van der Waals surface area contributed by atoms with E-state index in [2.05, 4.69) is 24.1 Å². The summed E-state index contributed by atoms with van der Waals surface area (Å²) in [5.74, 6) is 0.611. The molecule has 0 saturated heterocycles. The van der Waals surface area contributed by atoms with E-state index >= 15 is 0 Å². The molecule has 1 rings (SSSR count). The summed E-state index contributed by atoms with van der Waals surface area (Å²) in [5.41, 5.74) is 5.96. The summed E-state index contributed by atoms with van der Waals surface area (Å²) in [6, 6.07) is 0. The van der Waals surface area contributed by atoms with Gasteiger partial charge in [-0.25, -0.2) is 0 Å². The number of hydrogen-bond donors (Lipinski definition) is 2. The highest BCUT2D eigenvalue weighted by molar-refractivity contribution is 5.78. The van der Waals surface area contributed by atoms with E-state index in [-0.39, 0.29) is 11.4 Å². The molecule has 3 N–H and O–H groups in total. The molecule has 1 saturated carbocycles. The molecule has 0 aromatic heterocycles. The maximum Gasteiger partial charge on any atom is 0.234 e. The molecule has 0 aliphatic heterocycles. The Labute approximate surface area is 105 Å². The van der Waals surface area contributed by atoms with Crippen molar-refractivity contribution in [2.75, 3.05) is 26.7 Å². The average molecular weight is 241 g/mol. The van der Waals surface area contributed by atoms with Gasteiger partial charge in [0.1, 0.15) is 0 Å². The maximum absolute atomic E-state index is 11.8. The minimum atomic E-state index is 0.0647. The van der Waals surface area contributed by atoms with E-state index < -0.39 is 0 Å². The van der Waals surface area contributed by atoms with Crippen molar-refractivity contribution < 1.29 is 4.79 Å². The molecular weight excluding hydrogens is 214 g/mol. The lowest BCUT2D eigenvalue weighted by atomic mass is 9.96. The molecule has 0 unspecified atom stereocenters. The van der Waals surface area contributed by atoms with Crippen LogP contribution in [-0.4, -0.2) is 43.0 Å². The summed E-state index contributed by atoms with van der Waals surface area (Å²) in [4.78, 5) is 13.9. The van der Waals surface area contributed by atoms with Crippen LogP contribution < -0.4 is 11.1 Å². The number of likely N-dealkylation sites (N-methyl/N-ethyl adjacent to an activating group) is 1. The van der Waals surface area contributed by atoms with Crippen LogP contribution >= 0.6 is 0 Å². The summed E-state index contributed by atoms with van der Waals surface area (Å²) in [6.45, 7) is 6.07. The first-order valence-electron chi connectivity index (χ1n) is 6.68. The van der Waals surface area contributed by atoms with Crippen molar-refractivity contribution in [2.24, 2.45) is 11.7 Å². The number of rotatable bonds is 6. The Bertz CT molecular complexity index is 247. The van der Waals surface area contributed by atoms with Crippen molar-refractivity contribution in [3.05, 3.63) is 0 Å². The minimum absolute atomic E-state index is 0.0647. The highest BCUT2D eigenvalue weighted by atomic mass is 16.2. The molecule has 1 aliphatic carbocycles. The molecule has 4 nitrogen and oxygen atoms in total. The molecule has 17 heavy (non-hydrogen) atoms. The first kappa shape index (κ1) is 14.5. The van der Waals surface area contributed by atoms with Gasteiger partial charge in [0.2, 0.25) is 5.91 Å². The Kier molecular flexibility index (Phi) is 5.40. The van der Waals surface area contributed by atoms with Gasteiger partial charge in [0.05, 0.1) is 6.54 Å². The van der Waals surface area contributed by atoms with E-state index in [4.69, 9.17) is 5.73 Å². The number of carbonyl (C=O) groups excluding carboxylic acids is 1. The molecule has 1 fully saturated rings. The summed E-state index contributed by atoms with van der Waals surface area (Å²) in [5, 5.41) is 2.96. The van der Waals surface area contributed by atoms with Gasteiger partial charge in [-0.3, -0.25) is 9.69 Å². The van der Waals surface area contributed by atoms with Gasteiger partial charge in [-0.2, -0.15) is 0 Å². The Morgan fingerprint density at radius 3 is 2.47 bits per heavy atom. The second kappa shape index (κ2) is 6.36. The molecule has 0 aromatic carbocycles. The van der Waals surface area contributed by atoms with E-state index in [9.17, 15) is 4.79 Å². The second-order valence-corrected chi connectivity index (χ2v) is 5.69. The van der Waals surface area contributed by atoms with Gasteiger partial charge in [0, 0.05) is 18.6 Å². The molecule has 0 aromatic rings. The normalized spacial score (nSPS) is 18.9. The topological polar surface area (TPSA) is 58.4 Å². The van der Waals surface area contributed by atoms with Crippen LogP contribution in [0.5, 0.6) is 0 Å². The van der Waals surface area contributed by atoms with Crippen LogP contribution in [0.25, 0.3) is 0 Å². The first-order valence-corrected chi connectivity index (χ1v) is 6.68. The lowest BCUT2D eigenvalue weighted by molar-refractivity contribution is -0.123. The molecule has 1 aliphatic rings. The van der Waals surface area contributed by atoms with Crippen molar-refractivity contribution in [2.45, 2.75) is 45.1 Å². The second-order valence-electron chi connectivity index (χ2n) is 5.69. The lowest BCUT2D eigenvalue weighted by Gasteiger charge is -2.37. The summed E-state index contributed by atoms with van der Waals surface area (Å²) < 4.78 is 0. The summed E-state index contributed by atoms with van der Waals surface area (Å²) >= 11 is 0. The third kappa shape index (κ3) is 3.96. The Hall–Kier alpha value is -0.610. The highest BCUT2D eigenvalue weighted by Gasteiger charge is 2.36. The molecular formula is C13H27N3O. The zero-order valence-corrected chi connectivity index (χ0v) is 11.5. The fraction of sp³-hybridized carbons (Fsp3) is 0.923. The van der Waals surface area contributed by atoms with Crippen molar-refractivity contribution in [3.8, 4) is 0 Å². The van der Waals surface area contributed by atoms with Gasteiger partial charge in [-0.1, -0.05) is 26.7 Å². The highest BCUT2D eigenvalue weighted by Crippen LogP contribution is 2.33. The third-order valence-electron chi connectivity index (χ3n) is 3.81. The van der Waals surface area contributed by atoms with Gasteiger partial charge in [-0.15, -0.1) is 0 Å². The van der Waals surface area contributed by atoms with Crippen molar-refractivity contribution >= 4 is 5.91 Å². The Morgan fingerprint density at radius 2 is 2.00 bits per heavy atom. The molecule has 0 bridgehead atoms. The van der Waals surface area contributed by atoms with Gasteiger partial charge in [0.25, 0.3) is 0 Å². The zero-order chi connectivity index (χ0) is 12.9. The average Bonchev–Trinajstić information content (AvgIpc) is 2.76. The Balaban J connectivity index is 2.41. The number of nitrogens with zero attached hydrogens (tertiary/aromatic N) is 1. The molecule has 4 heteroatoms. The van der Waals surface area contributed by atoms with Crippen LogP contribution in [-0.2, 0) is 4.79 Å². The fourth-order valence-corrected chi connectivity index (χ4v) is 2.53. The van der Waals surface area contributed by atoms with Crippen LogP contribution in [0.4, 0.5) is 0 Å². The zero-order valence-electron chi connectivity index (χ0n) is 11.5. The van der Waals surface area contributed by atoms with Crippen molar-refractivity contribution in [1.29, 1.82) is 0 Å². The molecule has 0 atom stereocenters. The van der Waals surface area contributed by atoms with Crippen LogP contribution in [0.3, 0.4) is 0 Å². The largest absolute Gasteiger partial charge is 0.355 e. The SMILES string of the molecule is CC(C)CNC(=O)CN(C)C1(CN)CCCC1.